The molecule has 156 valence electrons. The number of esters is 1. The monoisotopic (exact) mass is 409 g/mol. The number of nitrogens with zero attached hydrogens (tertiary/aromatic N) is 1. The van der Waals surface area contributed by atoms with Gasteiger partial charge >= 0.3 is 5.97 Å². The summed E-state index contributed by atoms with van der Waals surface area (Å²) in [5.74, 6) is 0.202. The zero-order valence-corrected chi connectivity index (χ0v) is 16.8. The smallest absolute Gasteiger partial charge is 0.303 e. The number of ether oxygens (including phenoxy) is 4. The predicted octanol–water partition coefficient (Wildman–Crippen LogP) is 3.01. The molecule has 7 heteroatoms. The highest BCUT2D eigenvalue weighted by atomic mass is 16.7. The molecule has 4 rings (SSSR count). The second-order valence-corrected chi connectivity index (χ2v) is 7.05. The lowest BCUT2D eigenvalue weighted by atomic mass is 9.89. The minimum atomic E-state index is -0.686. The van der Waals surface area contributed by atoms with E-state index in [0.717, 1.165) is 17.0 Å². The van der Waals surface area contributed by atoms with Gasteiger partial charge < -0.3 is 18.9 Å². The van der Waals surface area contributed by atoms with Gasteiger partial charge in [0.25, 0.3) is 5.91 Å². The molecule has 1 fully saturated rings. The van der Waals surface area contributed by atoms with Crippen molar-refractivity contribution in [2.45, 2.75) is 31.5 Å². The third-order valence-electron chi connectivity index (χ3n) is 5.04. The largest absolute Gasteiger partial charge is 0.497 e. The fourth-order valence-electron chi connectivity index (χ4n) is 3.63. The molecule has 0 bridgehead atoms. The Morgan fingerprint density at radius 3 is 2.40 bits per heavy atom. The first-order chi connectivity index (χ1) is 14.6. The van der Waals surface area contributed by atoms with Gasteiger partial charge in [0.15, 0.2) is 12.4 Å². The molecule has 0 aliphatic carbocycles. The van der Waals surface area contributed by atoms with E-state index < -0.39 is 18.5 Å². The number of carbonyl (C=O) groups is 2. The summed E-state index contributed by atoms with van der Waals surface area (Å²) in [4.78, 5) is 25.8. The number of methoxy groups -OCH3 is 1. The number of rotatable bonds is 6. The zero-order chi connectivity index (χ0) is 21.1. The third kappa shape index (κ3) is 4.08. The molecule has 2 aromatic carbocycles. The maximum atomic E-state index is 13.0. The molecular formula is C23H23NO6. The van der Waals surface area contributed by atoms with Gasteiger partial charge in [0, 0.05) is 12.6 Å². The van der Waals surface area contributed by atoms with Crippen LogP contribution in [0, 0.1) is 0 Å². The van der Waals surface area contributed by atoms with E-state index in [1.165, 1.54) is 6.92 Å². The number of β-lactam (4-membered cyclic amide) rings is 1. The number of hydrogen-bond acceptors (Lipinski definition) is 6. The van der Waals surface area contributed by atoms with Gasteiger partial charge in [-0.3, -0.25) is 14.5 Å². The average Bonchev–Trinajstić information content (AvgIpc) is 2.77. The van der Waals surface area contributed by atoms with Crippen molar-refractivity contribution in [3.8, 4) is 5.75 Å². The number of carbonyl (C=O) groups excluding carboxylic acids is 2. The Balaban J connectivity index is 1.52. The molecule has 0 saturated carbocycles. The number of anilines is 1. The van der Waals surface area contributed by atoms with Gasteiger partial charge in [-0.2, -0.15) is 0 Å². The number of benzene rings is 2. The van der Waals surface area contributed by atoms with Crippen LogP contribution in [0.5, 0.6) is 5.75 Å². The molecule has 1 saturated heterocycles. The predicted molar refractivity (Wildman–Crippen MR) is 109 cm³/mol. The molecule has 0 radical (unpaired) electrons. The van der Waals surface area contributed by atoms with E-state index in [0.29, 0.717) is 0 Å². The van der Waals surface area contributed by atoms with Crippen LogP contribution in [-0.2, 0) is 23.8 Å². The molecule has 30 heavy (non-hydrogen) atoms. The van der Waals surface area contributed by atoms with Crippen LogP contribution in [0.1, 0.15) is 18.5 Å². The second-order valence-electron chi connectivity index (χ2n) is 7.05. The normalized spacial score (nSPS) is 25.5. The number of amides is 1. The van der Waals surface area contributed by atoms with Crippen LogP contribution in [0.3, 0.4) is 0 Å². The molecule has 0 aromatic heterocycles. The molecule has 4 atom stereocenters. The van der Waals surface area contributed by atoms with Crippen molar-refractivity contribution in [2.75, 3.05) is 18.6 Å². The standard InChI is InChI=1S/C23H23NO6/c1-15(25)29-19-12-13-20(28-14-19)30-22-21(16-6-4-3-5-7-16)24(23(22)26)17-8-10-18(27-2)11-9-17/h3-13,19-22H,14H2,1-2H3/t19-,20+,21-,22+/m0/s1. The van der Waals surface area contributed by atoms with Crippen molar-refractivity contribution in [3.63, 3.8) is 0 Å². The number of hydrogen-bond donors (Lipinski definition) is 0. The quantitative estimate of drug-likeness (QED) is 0.415. The fourth-order valence-corrected chi connectivity index (χ4v) is 3.63. The van der Waals surface area contributed by atoms with Crippen molar-refractivity contribution in [1.82, 2.24) is 0 Å². The highest BCUT2D eigenvalue weighted by molar-refractivity contribution is 6.05. The van der Waals surface area contributed by atoms with Crippen molar-refractivity contribution < 1.29 is 28.5 Å². The van der Waals surface area contributed by atoms with E-state index in [1.54, 1.807) is 24.2 Å². The van der Waals surface area contributed by atoms with Crippen molar-refractivity contribution in [2.24, 2.45) is 0 Å². The Morgan fingerprint density at radius 1 is 1.07 bits per heavy atom. The topological polar surface area (TPSA) is 74.3 Å². The summed E-state index contributed by atoms with van der Waals surface area (Å²) in [6.07, 6.45) is 1.57. The van der Waals surface area contributed by atoms with Gasteiger partial charge in [-0.25, -0.2) is 0 Å². The second kappa shape index (κ2) is 8.69. The van der Waals surface area contributed by atoms with Crippen LogP contribution in [0.25, 0.3) is 0 Å². The summed E-state index contributed by atoms with van der Waals surface area (Å²) in [7, 11) is 1.60. The highest BCUT2D eigenvalue weighted by Crippen LogP contribution is 2.42. The van der Waals surface area contributed by atoms with E-state index in [-0.39, 0.29) is 24.5 Å². The summed E-state index contributed by atoms with van der Waals surface area (Å²) >= 11 is 0. The molecular weight excluding hydrogens is 386 g/mol. The van der Waals surface area contributed by atoms with E-state index >= 15 is 0 Å². The first-order valence-corrected chi connectivity index (χ1v) is 9.71. The lowest BCUT2D eigenvalue weighted by molar-refractivity contribution is -0.189. The molecule has 7 nitrogen and oxygen atoms in total. The maximum absolute atomic E-state index is 13.0. The highest BCUT2D eigenvalue weighted by Gasteiger charge is 2.51. The third-order valence-corrected chi connectivity index (χ3v) is 5.04. The van der Waals surface area contributed by atoms with E-state index in [4.69, 9.17) is 18.9 Å². The van der Waals surface area contributed by atoms with E-state index in [2.05, 4.69) is 0 Å². The van der Waals surface area contributed by atoms with Crippen molar-refractivity contribution >= 4 is 17.6 Å². The van der Waals surface area contributed by atoms with Gasteiger partial charge in [-0.1, -0.05) is 30.3 Å². The lowest BCUT2D eigenvalue weighted by Crippen LogP contribution is -2.61. The lowest BCUT2D eigenvalue weighted by Gasteiger charge is -2.47. The maximum Gasteiger partial charge on any atom is 0.303 e. The van der Waals surface area contributed by atoms with E-state index in [9.17, 15) is 9.59 Å². The molecule has 2 aliphatic heterocycles. The Kier molecular flexibility index (Phi) is 5.83. The molecule has 0 unspecified atom stereocenters. The minimum absolute atomic E-state index is 0.145. The molecule has 2 heterocycles. The molecule has 2 aromatic rings. The molecule has 0 spiro atoms. The first kappa shape index (κ1) is 20.1. The van der Waals surface area contributed by atoms with Crippen molar-refractivity contribution in [3.05, 3.63) is 72.3 Å². The Labute approximate surface area is 174 Å². The summed E-state index contributed by atoms with van der Waals surface area (Å²) in [5, 5.41) is 0. The van der Waals surface area contributed by atoms with Crippen LogP contribution >= 0.6 is 0 Å². The van der Waals surface area contributed by atoms with Crippen molar-refractivity contribution in [1.29, 1.82) is 0 Å². The molecule has 2 aliphatic rings. The summed E-state index contributed by atoms with van der Waals surface area (Å²) in [5.41, 5.74) is 1.74. The van der Waals surface area contributed by atoms with Gasteiger partial charge in [-0.05, 0) is 42.0 Å². The summed E-state index contributed by atoms with van der Waals surface area (Å²) in [6.45, 7) is 1.53. The zero-order valence-electron chi connectivity index (χ0n) is 16.8. The Bertz CT molecular complexity index is 926. The average molecular weight is 409 g/mol. The molecule has 0 N–H and O–H groups in total. The first-order valence-electron chi connectivity index (χ1n) is 9.71. The van der Waals surface area contributed by atoms with Gasteiger partial charge in [0.2, 0.25) is 0 Å². The minimum Gasteiger partial charge on any atom is -0.497 e. The van der Waals surface area contributed by atoms with Gasteiger partial charge in [-0.15, -0.1) is 0 Å². The van der Waals surface area contributed by atoms with Gasteiger partial charge in [0.05, 0.1) is 19.8 Å². The van der Waals surface area contributed by atoms with Crippen LogP contribution in [0.4, 0.5) is 5.69 Å². The SMILES string of the molecule is COc1ccc(N2C(=O)[C@H](O[C@@H]3C=C[C@H](OC(C)=O)CO3)[C@@H]2c2ccccc2)cc1. The summed E-state index contributed by atoms with van der Waals surface area (Å²) < 4.78 is 21.9. The van der Waals surface area contributed by atoms with Crippen LogP contribution in [0.2, 0.25) is 0 Å². The van der Waals surface area contributed by atoms with Crippen LogP contribution in [-0.4, -0.2) is 44.1 Å². The van der Waals surface area contributed by atoms with Crippen LogP contribution < -0.4 is 9.64 Å². The molecule has 1 amide bonds. The Morgan fingerprint density at radius 2 is 1.80 bits per heavy atom. The van der Waals surface area contributed by atoms with E-state index in [1.807, 2.05) is 54.6 Å². The Hall–Kier alpha value is -3.16. The summed E-state index contributed by atoms with van der Waals surface area (Å²) in [6, 6.07) is 16.8. The van der Waals surface area contributed by atoms with Crippen LogP contribution in [0.15, 0.2) is 66.7 Å². The fraction of sp³-hybridized carbons (Fsp3) is 0.304. The van der Waals surface area contributed by atoms with Gasteiger partial charge in [0.1, 0.15) is 11.9 Å².